The molecule has 1 aromatic carbocycles. The van der Waals surface area contributed by atoms with Gasteiger partial charge in [-0.3, -0.25) is 0 Å². The summed E-state index contributed by atoms with van der Waals surface area (Å²) in [5.41, 5.74) is 6.31. The van der Waals surface area contributed by atoms with E-state index in [4.69, 9.17) is 22.1 Å². The molecule has 3 nitrogen and oxygen atoms in total. The standard InChI is InChI=1S/C11H15ClN2O.2ClH/c12-9-3-10(13)5-11(4-9)15-7-8-1-2-14-6-8;;/h3-5,8,14H,1-2,6-7,13H2;2*1H. The first-order chi connectivity index (χ1) is 7.24. The summed E-state index contributed by atoms with van der Waals surface area (Å²) < 4.78 is 5.65. The number of ether oxygens (including phenoxy) is 1. The average Bonchev–Trinajstić information content (AvgIpc) is 2.65. The lowest BCUT2D eigenvalue weighted by Gasteiger charge is -2.11. The molecule has 0 bridgehead atoms. The van der Waals surface area contributed by atoms with E-state index in [1.165, 1.54) is 6.42 Å². The van der Waals surface area contributed by atoms with Crippen LogP contribution in [0.2, 0.25) is 5.02 Å². The van der Waals surface area contributed by atoms with Crippen LogP contribution in [0.25, 0.3) is 0 Å². The fraction of sp³-hybridized carbons (Fsp3) is 0.455. The monoisotopic (exact) mass is 298 g/mol. The zero-order chi connectivity index (χ0) is 10.7. The highest BCUT2D eigenvalue weighted by atomic mass is 35.5. The highest BCUT2D eigenvalue weighted by Gasteiger charge is 2.14. The molecule has 17 heavy (non-hydrogen) atoms. The Balaban J connectivity index is 0.00000128. The van der Waals surface area contributed by atoms with Crippen LogP contribution in [0.5, 0.6) is 5.75 Å². The molecule has 2 rings (SSSR count). The first-order valence-electron chi connectivity index (χ1n) is 5.13. The summed E-state index contributed by atoms with van der Waals surface area (Å²) in [6, 6.07) is 5.31. The number of nitrogen functional groups attached to an aromatic ring is 1. The number of benzene rings is 1. The van der Waals surface area contributed by atoms with Crippen LogP contribution in [0.4, 0.5) is 5.69 Å². The third kappa shape index (κ3) is 5.21. The second-order valence-corrected chi connectivity index (χ2v) is 4.33. The van der Waals surface area contributed by atoms with Crippen LogP contribution in [0.3, 0.4) is 0 Å². The van der Waals surface area contributed by atoms with E-state index in [0.717, 1.165) is 25.4 Å². The van der Waals surface area contributed by atoms with E-state index in [9.17, 15) is 0 Å². The van der Waals surface area contributed by atoms with Gasteiger partial charge in [-0.15, -0.1) is 24.8 Å². The van der Waals surface area contributed by atoms with E-state index < -0.39 is 0 Å². The predicted octanol–water partition coefficient (Wildman–Crippen LogP) is 2.75. The van der Waals surface area contributed by atoms with Gasteiger partial charge in [-0.05, 0) is 25.1 Å². The SMILES string of the molecule is Cl.Cl.Nc1cc(Cl)cc(OCC2CCNC2)c1. The van der Waals surface area contributed by atoms with Crippen molar-refractivity contribution in [1.29, 1.82) is 0 Å². The zero-order valence-corrected chi connectivity index (χ0v) is 11.7. The molecular weight excluding hydrogens is 282 g/mol. The quantitative estimate of drug-likeness (QED) is 0.844. The molecule has 1 fully saturated rings. The number of nitrogens with two attached hydrogens (primary N) is 1. The summed E-state index contributed by atoms with van der Waals surface area (Å²) in [6.07, 6.45) is 1.18. The van der Waals surface area contributed by atoms with Crippen molar-refractivity contribution in [2.24, 2.45) is 5.92 Å². The van der Waals surface area contributed by atoms with Crippen molar-refractivity contribution >= 4 is 42.1 Å². The predicted molar refractivity (Wildman–Crippen MR) is 76.8 cm³/mol. The summed E-state index contributed by atoms with van der Waals surface area (Å²) in [4.78, 5) is 0. The van der Waals surface area contributed by atoms with Crippen LogP contribution in [0.1, 0.15) is 6.42 Å². The van der Waals surface area contributed by atoms with E-state index in [1.807, 2.05) is 0 Å². The number of rotatable bonds is 3. The summed E-state index contributed by atoms with van der Waals surface area (Å²) >= 11 is 5.87. The van der Waals surface area contributed by atoms with Gasteiger partial charge < -0.3 is 15.8 Å². The van der Waals surface area contributed by atoms with Crippen LogP contribution in [-0.2, 0) is 0 Å². The number of anilines is 1. The van der Waals surface area contributed by atoms with Gasteiger partial charge in [0.2, 0.25) is 0 Å². The van der Waals surface area contributed by atoms with Crippen molar-refractivity contribution in [1.82, 2.24) is 5.32 Å². The molecule has 1 unspecified atom stereocenters. The van der Waals surface area contributed by atoms with Gasteiger partial charge in [-0.2, -0.15) is 0 Å². The second kappa shape index (κ2) is 7.88. The molecule has 0 amide bonds. The maximum atomic E-state index is 5.87. The Morgan fingerprint density at radius 3 is 2.71 bits per heavy atom. The number of hydrogen-bond donors (Lipinski definition) is 2. The topological polar surface area (TPSA) is 47.3 Å². The fourth-order valence-electron chi connectivity index (χ4n) is 1.74. The highest BCUT2D eigenvalue weighted by Crippen LogP contribution is 2.23. The lowest BCUT2D eigenvalue weighted by atomic mass is 10.1. The summed E-state index contributed by atoms with van der Waals surface area (Å²) in [5.74, 6) is 1.36. The van der Waals surface area contributed by atoms with E-state index in [-0.39, 0.29) is 24.8 Å². The van der Waals surface area contributed by atoms with Crippen molar-refractivity contribution in [2.45, 2.75) is 6.42 Å². The Morgan fingerprint density at radius 2 is 2.12 bits per heavy atom. The Bertz CT molecular complexity index is 323. The molecule has 1 saturated heterocycles. The molecule has 0 aliphatic carbocycles. The minimum Gasteiger partial charge on any atom is -0.493 e. The summed E-state index contributed by atoms with van der Waals surface area (Å²) in [7, 11) is 0. The van der Waals surface area contributed by atoms with Crippen molar-refractivity contribution in [2.75, 3.05) is 25.4 Å². The summed E-state index contributed by atoms with van der Waals surface area (Å²) in [5, 5.41) is 3.92. The minimum absolute atomic E-state index is 0. The second-order valence-electron chi connectivity index (χ2n) is 3.89. The first-order valence-corrected chi connectivity index (χ1v) is 5.51. The number of hydrogen-bond acceptors (Lipinski definition) is 3. The molecule has 1 atom stereocenters. The van der Waals surface area contributed by atoms with Gasteiger partial charge >= 0.3 is 0 Å². The van der Waals surface area contributed by atoms with E-state index in [2.05, 4.69) is 5.32 Å². The Hall–Kier alpha value is -0.350. The number of nitrogens with one attached hydrogen (secondary N) is 1. The first kappa shape index (κ1) is 16.6. The largest absolute Gasteiger partial charge is 0.493 e. The molecule has 1 heterocycles. The molecule has 6 heteroatoms. The van der Waals surface area contributed by atoms with E-state index >= 15 is 0 Å². The van der Waals surface area contributed by atoms with Crippen molar-refractivity contribution in [3.8, 4) is 5.75 Å². The Labute approximate surface area is 119 Å². The van der Waals surface area contributed by atoms with Crippen molar-refractivity contribution in [3.05, 3.63) is 23.2 Å². The third-order valence-electron chi connectivity index (χ3n) is 2.54. The van der Waals surface area contributed by atoms with Gasteiger partial charge in [-0.25, -0.2) is 0 Å². The zero-order valence-electron chi connectivity index (χ0n) is 9.32. The molecule has 0 saturated carbocycles. The fourth-order valence-corrected chi connectivity index (χ4v) is 1.97. The normalized spacial score (nSPS) is 18.1. The van der Waals surface area contributed by atoms with Gasteiger partial charge in [0.1, 0.15) is 5.75 Å². The lowest BCUT2D eigenvalue weighted by Crippen LogP contribution is -2.15. The van der Waals surface area contributed by atoms with E-state index in [0.29, 0.717) is 16.6 Å². The van der Waals surface area contributed by atoms with Crippen molar-refractivity contribution < 1.29 is 4.74 Å². The molecule has 1 aliphatic rings. The van der Waals surface area contributed by atoms with Crippen LogP contribution in [0.15, 0.2) is 18.2 Å². The molecule has 98 valence electrons. The Kier molecular flexibility index (Phi) is 7.71. The van der Waals surface area contributed by atoms with Crippen LogP contribution in [-0.4, -0.2) is 19.7 Å². The maximum Gasteiger partial charge on any atom is 0.122 e. The molecule has 1 aliphatic heterocycles. The maximum absolute atomic E-state index is 5.87. The number of halogens is 3. The third-order valence-corrected chi connectivity index (χ3v) is 2.76. The molecule has 0 aromatic heterocycles. The van der Waals surface area contributed by atoms with Gasteiger partial charge in [-0.1, -0.05) is 11.6 Å². The highest BCUT2D eigenvalue weighted by molar-refractivity contribution is 6.31. The van der Waals surface area contributed by atoms with Crippen LogP contribution >= 0.6 is 36.4 Å². The molecule has 0 radical (unpaired) electrons. The molecular formula is C11H17Cl3N2O. The smallest absolute Gasteiger partial charge is 0.122 e. The van der Waals surface area contributed by atoms with Crippen LogP contribution < -0.4 is 15.8 Å². The van der Waals surface area contributed by atoms with Gasteiger partial charge in [0, 0.05) is 29.2 Å². The summed E-state index contributed by atoms with van der Waals surface area (Å²) in [6.45, 7) is 2.86. The van der Waals surface area contributed by atoms with Crippen LogP contribution in [0, 0.1) is 5.92 Å². The Morgan fingerprint density at radius 1 is 1.35 bits per heavy atom. The minimum atomic E-state index is 0. The van der Waals surface area contributed by atoms with E-state index in [1.54, 1.807) is 18.2 Å². The van der Waals surface area contributed by atoms with Crippen molar-refractivity contribution in [3.63, 3.8) is 0 Å². The van der Waals surface area contributed by atoms with Gasteiger partial charge in [0.15, 0.2) is 0 Å². The molecule has 1 aromatic rings. The lowest BCUT2D eigenvalue weighted by molar-refractivity contribution is 0.260. The average molecular weight is 300 g/mol. The van der Waals surface area contributed by atoms with Gasteiger partial charge in [0.05, 0.1) is 6.61 Å². The molecule has 3 N–H and O–H groups in total. The van der Waals surface area contributed by atoms with Gasteiger partial charge in [0.25, 0.3) is 0 Å². The molecule has 0 spiro atoms.